The lowest BCUT2D eigenvalue weighted by Crippen LogP contribution is -2.00. The Balaban J connectivity index is 2.32. The highest BCUT2D eigenvalue weighted by Gasteiger charge is 2.16. The van der Waals surface area contributed by atoms with Gasteiger partial charge in [-0.2, -0.15) is 11.3 Å². The normalized spacial score (nSPS) is 12.2. The number of hydrogen-bond donors (Lipinski definition) is 0. The van der Waals surface area contributed by atoms with E-state index in [2.05, 4.69) is 17.7 Å². The van der Waals surface area contributed by atoms with Gasteiger partial charge < -0.3 is 9.47 Å². The van der Waals surface area contributed by atoms with Gasteiger partial charge in [-0.05, 0) is 60.4 Å². The monoisotopic (exact) mass is 310 g/mol. The van der Waals surface area contributed by atoms with Gasteiger partial charge in [-0.25, -0.2) is 0 Å². The first kappa shape index (κ1) is 15.2. The molecule has 0 saturated heterocycles. The van der Waals surface area contributed by atoms with E-state index in [1.165, 1.54) is 5.56 Å². The number of alkyl halides is 1. The minimum Gasteiger partial charge on any atom is -0.490 e. The maximum Gasteiger partial charge on any atom is 0.161 e. The van der Waals surface area contributed by atoms with Gasteiger partial charge in [0.15, 0.2) is 11.5 Å². The number of thiophene rings is 1. The molecule has 20 heavy (non-hydrogen) atoms. The number of ether oxygens (including phenoxy) is 2. The third kappa shape index (κ3) is 3.28. The highest BCUT2D eigenvalue weighted by Crippen LogP contribution is 2.37. The van der Waals surface area contributed by atoms with Crippen LogP contribution in [0.25, 0.3) is 0 Å². The number of rotatable bonds is 6. The third-order valence-corrected chi connectivity index (χ3v) is 4.40. The summed E-state index contributed by atoms with van der Waals surface area (Å²) in [5.74, 6) is 1.52. The largest absolute Gasteiger partial charge is 0.490 e. The predicted octanol–water partition coefficient (Wildman–Crippen LogP) is 5.18. The van der Waals surface area contributed by atoms with Crippen LogP contribution in [0.4, 0.5) is 0 Å². The maximum absolute atomic E-state index is 6.59. The summed E-state index contributed by atoms with van der Waals surface area (Å²) in [4.78, 5) is 0. The van der Waals surface area contributed by atoms with Crippen LogP contribution in [-0.2, 0) is 0 Å². The lowest BCUT2D eigenvalue weighted by Gasteiger charge is -2.15. The van der Waals surface area contributed by atoms with Gasteiger partial charge in [0.2, 0.25) is 0 Å². The summed E-state index contributed by atoms with van der Waals surface area (Å²) in [6, 6.07) is 5.91. The van der Waals surface area contributed by atoms with Crippen LogP contribution in [0.3, 0.4) is 0 Å². The van der Waals surface area contributed by atoms with Crippen molar-refractivity contribution in [1.29, 1.82) is 0 Å². The van der Waals surface area contributed by atoms with E-state index in [1.54, 1.807) is 11.3 Å². The fraction of sp³-hybridized carbons (Fsp3) is 0.375. The molecule has 1 heterocycles. The quantitative estimate of drug-likeness (QED) is 0.684. The van der Waals surface area contributed by atoms with E-state index in [0.717, 1.165) is 22.6 Å². The SMILES string of the molecule is CCOc1ccc(C(Cl)c2cscc2C)cc1OCC. The molecule has 0 saturated carbocycles. The lowest BCUT2D eigenvalue weighted by molar-refractivity contribution is 0.287. The van der Waals surface area contributed by atoms with Crippen LogP contribution in [0, 0.1) is 6.92 Å². The minimum atomic E-state index is -0.156. The molecule has 0 spiro atoms. The predicted molar refractivity (Wildman–Crippen MR) is 85.5 cm³/mol. The summed E-state index contributed by atoms with van der Waals surface area (Å²) in [6.45, 7) is 7.23. The summed E-state index contributed by atoms with van der Waals surface area (Å²) in [5, 5.41) is 4.06. The van der Waals surface area contributed by atoms with E-state index in [1.807, 2.05) is 32.0 Å². The molecule has 108 valence electrons. The van der Waals surface area contributed by atoms with Gasteiger partial charge in [-0.15, -0.1) is 11.6 Å². The molecule has 0 aliphatic carbocycles. The van der Waals surface area contributed by atoms with Crippen molar-refractivity contribution in [3.8, 4) is 11.5 Å². The zero-order chi connectivity index (χ0) is 14.5. The number of benzene rings is 1. The fourth-order valence-electron chi connectivity index (χ4n) is 2.03. The summed E-state index contributed by atoms with van der Waals surface area (Å²) in [5.41, 5.74) is 3.41. The molecule has 1 aromatic heterocycles. The van der Waals surface area contributed by atoms with Crippen LogP contribution in [0.2, 0.25) is 0 Å². The van der Waals surface area contributed by atoms with Gasteiger partial charge in [0, 0.05) is 0 Å². The molecule has 2 aromatic rings. The van der Waals surface area contributed by atoms with Gasteiger partial charge in [0.05, 0.1) is 18.6 Å². The van der Waals surface area contributed by atoms with Crippen molar-refractivity contribution in [3.05, 3.63) is 45.6 Å². The summed E-state index contributed by atoms with van der Waals surface area (Å²) < 4.78 is 11.2. The molecule has 0 aliphatic heterocycles. The maximum atomic E-state index is 6.59. The van der Waals surface area contributed by atoms with Crippen LogP contribution in [-0.4, -0.2) is 13.2 Å². The van der Waals surface area contributed by atoms with Gasteiger partial charge >= 0.3 is 0 Å². The third-order valence-electron chi connectivity index (χ3n) is 3.03. The van der Waals surface area contributed by atoms with E-state index in [0.29, 0.717) is 13.2 Å². The molecule has 2 rings (SSSR count). The van der Waals surface area contributed by atoms with Crippen molar-refractivity contribution in [3.63, 3.8) is 0 Å². The minimum absolute atomic E-state index is 0.156. The summed E-state index contributed by atoms with van der Waals surface area (Å²) in [6.07, 6.45) is 0. The molecule has 0 amide bonds. The zero-order valence-corrected chi connectivity index (χ0v) is 13.6. The molecule has 0 aliphatic rings. The molecule has 1 atom stereocenters. The second-order valence-corrected chi connectivity index (χ2v) is 5.62. The second kappa shape index (κ2) is 7.00. The molecule has 0 radical (unpaired) electrons. The number of hydrogen-bond acceptors (Lipinski definition) is 3. The van der Waals surface area contributed by atoms with Gasteiger partial charge in [-0.3, -0.25) is 0 Å². The first-order chi connectivity index (χ1) is 9.67. The van der Waals surface area contributed by atoms with Crippen molar-refractivity contribution in [2.75, 3.05) is 13.2 Å². The molecular weight excluding hydrogens is 292 g/mol. The highest BCUT2D eigenvalue weighted by molar-refractivity contribution is 7.08. The zero-order valence-electron chi connectivity index (χ0n) is 12.0. The van der Waals surface area contributed by atoms with Crippen LogP contribution in [0.15, 0.2) is 29.0 Å². The van der Waals surface area contributed by atoms with E-state index in [9.17, 15) is 0 Å². The first-order valence-corrected chi connectivity index (χ1v) is 8.11. The Hall–Kier alpha value is -1.19. The Morgan fingerprint density at radius 3 is 2.40 bits per heavy atom. The van der Waals surface area contributed by atoms with Crippen molar-refractivity contribution in [1.82, 2.24) is 0 Å². The number of aryl methyl sites for hydroxylation is 1. The van der Waals surface area contributed by atoms with E-state index >= 15 is 0 Å². The Morgan fingerprint density at radius 1 is 1.10 bits per heavy atom. The van der Waals surface area contributed by atoms with E-state index < -0.39 is 0 Å². The van der Waals surface area contributed by atoms with Gasteiger partial charge in [0.25, 0.3) is 0 Å². The average Bonchev–Trinajstić information content (AvgIpc) is 2.86. The molecule has 1 unspecified atom stereocenters. The molecule has 0 N–H and O–H groups in total. The second-order valence-electron chi connectivity index (χ2n) is 4.44. The molecule has 2 nitrogen and oxygen atoms in total. The molecule has 0 bridgehead atoms. The average molecular weight is 311 g/mol. The topological polar surface area (TPSA) is 18.5 Å². The summed E-state index contributed by atoms with van der Waals surface area (Å²) in [7, 11) is 0. The van der Waals surface area contributed by atoms with Crippen LogP contribution in [0.5, 0.6) is 11.5 Å². The highest BCUT2D eigenvalue weighted by atomic mass is 35.5. The van der Waals surface area contributed by atoms with Gasteiger partial charge in [0.1, 0.15) is 0 Å². The van der Waals surface area contributed by atoms with E-state index in [-0.39, 0.29) is 5.38 Å². The van der Waals surface area contributed by atoms with Crippen molar-refractivity contribution < 1.29 is 9.47 Å². The molecule has 4 heteroatoms. The van der Waals surface area contributed by atoms with Crippen LogP contribution in [0.1, 0.15) is 35.9 Å². The van der Waals surface area contributed by atoms with Crippen LogP contribution < -0.4 is 9.47 Å². The van der Waals surface area contributed by atoms with Crippen LogP contribution >= 0.6 is 22.9 Å². The molecule has 0 fully saturated rings. The van der Waals surface area contributed by atoms with Gasteiger partial charge in [-0.1, -0.05) is 6.07 Å². The van der Waals surface area contributed by atoms with Crippen molar-refractivity contribution in [2.45, 2.75) is 26.1 Å². The smallest absolute Gasteiger partial charge is 0.161 e. The number of halogens is 1. The molecule has 1 aromatic carbocycles. The Morgan fingerprint density at radius 2 is 1.80 bits per heavy atom. The van der Waals surface area contributed by atoms with Crippen molar-refractivity contribution in [2.24, 2.45) is 0 Å². The Labute approximate surface area is 129 Å². The fourth-order valence-corrected chi connectivity index (χ4v) is 3.36. The molecular formula is C16H19ClO2S. The summed E-state index contributed by atoms with van der Waals surface area (Å²) >= 11 is 8.26. The van der Waals surface area contributed by atoms with E-state index in [4.69, 9.17) is 21.1 Å². The standard InChI is InChI=1S/C16H19ClO2S/c1-4-18-14-7-6-12(8-15(14)19-5-2)16(17)13-10-20-9-11(13)3/h6-10,16H,4-5H2,1-3H3. The lowest BCUT2D eigenvalue weighted by atomic mass is 10.0. The Bertz CT molecular complexity index is 565. The first-order valence-electron chi connectivity index (χ1n) is 6.73. The van der Waals surface area contributed by atoms with Crippen molar-refractivity contribution >= 4 is 22.9 Å². The Kier molecular flexibility index (Phi) is 5.32.